The van der Waals surface area contributed by atoms with Crippen molar-refractivity contribution in [1.29, 1.82) is 0 Å². The molecule has 2 aliphatic heterocycles. The van der Waals surface area contributed by atoms with Gasteiger partial charge in [-0.1, -0.05) is 0 Å². The van der Waals surface area contributed by atoms with Crippen LogP contribution in [-0.2, 0) is 11.2 Å². The Morgan fingerprint density at radius 2 is 2.27 bits per heavy atom. The van der Waals surface area contributed by atoms with Crippen molar-refractivity contribution in [2.45, 2.75) is 31.7 Å². The molecule has 1 atom stereocenters. The van der Waals surface area contributed by atoms with E-state index >= 15 is 0 Å². The van der Waals surface area contributed by atoms with E-state index in [1.54, 1.807) is 17.5 Å². The zero-order valence-corrected chi connectivity index (χ0v) is 15.6. The number of carbonyl (C=O) groups excluding carboxylic acids is 1. The lowest BCUT2D eigenvalue weighted by Crippen LogP contribution is -2.41. The highest BCUT2D eigenvalue weighted by Crippen LogP contribution is 2.37. The predicted octanol–water partition coefficient (Wildman–Crippen LogP) is 1.60. The zero-order chi connectivity index (χ0) is 17.8. The second-order valence-corrected chi connectivity index (χ2v) is 8.17. The quantitative estimate of drug-likeness (QED) is 0.744. The lowest BCUT2D eigenvalue weighted by Gasteiger charge is -2.33. The van der Waals surface area contributed by atoms with Gasteiger partial charge in [0.05, 0.1) is 11.7 Å². The number of nitrogens with zero attached hydrogens (tertiary/aromatic N) is 2. The van der Waals surface area contributed by atoms with Crippen molar-refractivity contribution in [2.24, 2.45) is 5.41 Å². The largest absolute Gasteiger partial charge is 0.354 e. The topological polar surface area (TPSA) is 78.9 Å². The molecule has 0 saturated carbocycles. The lowest BCUT2D eigenvalue weighted by atomic mass is 9.77. The van der Waals surface area contributed by atoms with Gasteiger partial charge in [0.15, 0.2) is 0 Å². The van der Waals surface area contributed by atoms with Gasteiger partial charge in [0.2, 0.25) is 5.91 Å². The van der Waals surface area contributed by atoms with Crippen LogP contribution >= 0.6 is 11.3 Å². The van der Waals surface area contributed by atoms with Crippen LogP contribution in [0.15, 0.2) is 29.9 Å². The fourth-order valence-electron chi connectivity index (χ4n) is 3.92. The summed E-state index contributed by atoms with van der Waals surface area (Å²) < 4.78 is 0. The molecule has 0 unspecified atom stereocenters. The number of amides is 1. The summed E-state index contributed by atoms with van der Waals surface area (Å²) in [5.41, 5.74) is 2.37. The van der Waals surface area contributed by atoms with Crippen molar-refractivity contribution in [1.82, 2.24) is 25.9 Å². The molecule has 0 bridgehead atoms. The number of nitrogens with one attached hydrogen (secondary N) is 3. The number of aromatic nitrogens is 2. The number of hydrogen-bond donors (Lipinski definition) is 3. The molecule has 2 fully saturated rings. The van der Waals surface area contributed by atoms with Gasteiger partial charge in [-0.05, 0) is 49.9 Å². The van der Waals surface area contributed by atoms with Crippen molar-refractivity contribution in [3.63, 3.8) is 0 Å². The minimum Gasteiger partial charge on any atom is -0.354 e. The maximum Gasteiger partial charge on any atom is 0.237 e. The molecule has 2 aromatic heterocycles. The van der Waals surface area contributed by atoms with Crippen molar-refractivity contribution in [3.8, 4) is 10.6 Å². The van der Waals surface area contributed by atoms with Crippen LogP contribution in [0, 0.1) is 5.41 Å². The minimum atomic E-state index is -0.0468. The van der Waals surface area contributed by atoms with Gasteiger partial charge in [0, 0.05) is 42.8 Å². The van der Waals surface area contributed by atoms with Crippen molar-refractivity contribution in [2.75, 3.05) is 26.2 Å². The Bertz CT molecular complexity index is 741. The highest BCUT2D eigenvalue weighted by Gasteiger charge is 2.41. The molecule has 2 aromatic rings. The molecular weight excluding hydrogens is 346 g/mol. The fourth-order valence-corrected chi connectivity index (χ4v) is 4.77. The lowest BCUT2D eigenvalue weighted by molar-refractivity contribution is -0.122. The van der Waals surface area contributed by atoms with Crippen LogP contribution in [0.25, 0.3) is 10.6 Å². The standard InChI is InChI=1S/C19H25N5OS/c25-17(16-10-19(13-23-16)4-8-20-9-5-19)22-7-3-15-12-26-18(24-15)14-2-1-6-21-11-14/h1-2,6,11-12,16,20,23H,3-5,7-10,13H2,(H,22,25)/t16-/m1/s1. The Morgan fingerprint density at radius 1 is 1.38 bits per heavy atom. The number of thiazole rings is 1. The number of rotatable bonds is 5. The van der Waals surface area contributed by atoms with Gasteiger partial charge in [-0.25, -0.2) is 4.98 Å². The van der Waals surface area contributed by atoms with E-state index in [4.69, 9.17) is 0 Å². The van der Waals surface area contributed by atoms with Crippen LogP contribution in [0.2, 0.25) is 0 Å². The fraction of sp³-hybridized carbons (Fsp3) is 0.526. The van der Waals surface area contributed by atoms with Crippen LogP contribution < -0.4 is 16.0 Å². The summed E-state index contributed by atoms with van der Waals surface area (Å²) in [5, 5.41) is 13.0. The summed E-state index contributed by atoms with van der Waals surface area (Å²) in [6.07, 6.45) is 7.64. The van der Waals surface area contributed by atoms with E-state index in [0.717, 1.165) is 48.7 Å². The van der Waals surface area contributed by atoms with E-state index < -0.39 is 0 Å². The molecule has 1 amide bonds. The average molecular weight is 372 g/mol. The molecule has 0 radical (unpaired) electrons. The van der Waals surface area contributed by atoms with Crippen molar-refractivity contribution >= 4 is 17.2 Å². The molecule has 6 nitrogen and oxygen atoms in total. The Balaban J connectivity index is 1.25. The van der Waals surface area contributed by atoms with Crippen LogP contribution in [-0.4, -0.2) is 48.1 Å². The van der Waals surface area contributed by atoms with Gasteiger partial charge in [-0.2, -0.15) is 0 Å². The van der Waals surface area contributed by atoms with E-state index in [1.807, 2.05) is 18.3 Å². The maximum atomic E-state index is 12.5. The Labute approximate surface area is 157 Å². The van der Waals surface area contributed by atoms with Crippen molar-refractivity contribution < 1.29 is 4.79 Å². The van der Waals surface area contributed by atoms with Gasteiger partial charge in [0.1, 0.15) is 5.01 Å². The first-order valence-corrected chi connectivity index (χ1v) is 10.2. The van der Waals surface area contributed by atoms with Gasteiger partial charge in [0.25, 0.3) is 0 Å². The average Bonchev–Trinajstić information content (AvgIpc) is 3.31. The number of pyridine rings is 1. The summed E-state index contributed by atoms with van der Waals surface area (Å²) in [5.74, 6) is 0.128. The summed E-state index contributed by atoms with van der Waals surface area (Å²) >= 11 is 1.62. The Kier molecular flexibility index (Phi) is 5.28. The van der Waals surface area contributed by atoms with Crippen LogP contribution in [0.4, 0.5) is 0 Å². The van der Waals surface area contributed by atoms with Crippen LogP contribution in [0.3, 0.4) is 0 Å². The molecular formula is C19H25N5OS. The van der Waals surface area contributed by atoms with Crippen LogP contribution in [0.5, 0.6) is 0 Å². The first-order valence-electron chi connectivity index (χ1n) is 9.31. The molecule has 4 rings (SSSR count). The first kappa shape index (κ1) is 17.6. The SMILES string of the molecule is O=C(NCCc1csc(-c2cccnc2)n1)[C@H]1CC2(CCNCC2)CN1. The van der Waals surface area contributed by atoms with E-state index in [1.165, 1.54) is 12.8 Å². The van der Waals surface area contributed by atoms with E-state index in [9.17, 15) is 4.79 Å². The maximum absolute atomic E-state index is 12.5. The number of hydrogen-bond acceptors (Lipinski definition) is 6. The summed E-state index contributed by atoms with van der Waals surface area (Å²) in [6, 6.07) is 3.88. The molecule has 3 N–H and O–H groups in total. The monoisotopic (exact) mass is 371 g/mol. The normalized spacial score (nSPS) is 21.8. The molecule has 0 aromatic carbocycles. The van der Waals surface area contributed by atoms with E-state index in [0.29, 0.717) is 12.0 Å². The van der Waals surface area contributed by atoms with Crippen molar-refractivity contribution in [3.05, 3.63) is 35.6 Å². The summed E-state index contributed by atoms with van der Waals surface area (Å²) in [6.45, 7) is 3.73. The summed E-state index contributed by atoms with van der Waals surface area (Å²) in [7, 11) is 0. The molecule has 7 heteroatoms. The highest BCUT2D eigenvalue weighted by atomic mass is 32.1. The molecule has 26 heavy (non-hydrogen) atoms. The smallest absolute Gasteiger partial charge is 0.237 e. The third-order valence-electron chi connectivity index (χ3n) is 5.48. The highest BCUT2D eigenvalue weighted by molar-refractivity contribution is 7.13. The first-order chi connectivity index (χ1) is 12.7. The second kappa shape index (κ2) is 7.82. The number of carbonyl (C=O) groups is 1. The van der Waals surface area contributed by atoms with Gasteiger partial charge < -0.3 is 16.0 Å². The third-order valence-corrected chi connectivity index (χ3v) is 6.42. The minimum absolute atomic E-state index is 0.0468. The van der Waals surface area contributed by atoms with Crippen LogP contribution in [0.1, 0.15) is 25.0 Å². The predicted molar refractivity (Wildman–Crippen MR) is 103 cm³/mol. The number of piperidine rings is 1. The molecule has 1 spiro atoms. The van der Waals surface area contributed by atoms with Gasteiger partial charge >= 0.3 is 0 Å². The Morgan fingerprint density at radius 3 is 3.08 bits per heavy atom. The van der Waals surface area contributed by atoms with E-state index in [-0.39, 0.29) is 11.9 Å². The molecule has 0 aliphatic carbocycles. The van der Waals surface area contributed by atoms with E-state index in [2.05, 4.69) is 31.3 Å². The van der Waals surface area contributed by atoms with Gasteiger partial charge in [-0.3, -0.25) is 9.78 Å². The molecule has 2 aliphatic rings. The van der Waals surface area contributed by atoms with Gasteiger partial charge in [-0.15, -0.1) is 11.3 Å². The Hall–Kier alpha value is -1.83. The zero-order valence-electron chi connectivity index (χ0n) is 14.8. The molecule has 138 valence electrons. The summed E-state index contributed by atoms with van der Waals surface area (Å²) in [4.78, 5) is 21.3. The molecule has 2 saturated heterocycles. The molecule has 4 heterocycles. The second-order valence-electron chi connectivity index (χ2n) is 7.31. The third kappa shape index (κ3) is 3.95.